The van der Waals surface area contributed by atoms with Gasteiger partial charge in [0.05, 0.1) is 0 Å². The van der Waals surface area contributed by atoms with E-state index in [1.165, 1.54) is 6.07 Å². The third-order valence-electron chi connectivity index (χ3n) is 4.65. The van der Waals surface area contributed by atoms with Crippen LogP contribution in [0.1, 0.15) is 34.9 Å². The fourth-order valence-corrected chi connectivity index (χ4v) is 3.30. The molecule has 0 aliphatic rings. The van der Waals surface area contributed by atoms with E-state index in [-0.39, 0.29) is 23.2 Å². The van der Waals surface area contributed by atoms with Gasteiger partial charge in [-0.1, -0.05) is 54.6 Å². The van der Waals surface area contributed by atoms with Gasteiger partial charge in [0.1, 0.15) is 11.6 Å². The van der Waals surface area contributed by atoms with Gasteiger partial charge in [0, 0.05) is 31.4 Å². The summed E-state index contributed by atoms with van der Waals surface area (Å²) >= 11 is 0. The zero-order valence-corrected chi connectivity index (χ0v) is 15.8. The number of amides is 1. The van der Waals surface area contributed by atoms with Crippen molar-refractivity contribution in [3.8, 4) is 0 Å². The molecule has 6 heteroatoms. The lowest BCUT2D eigenvalue weighted by atomic mass is 9.86. The van der Waals surface area contributed by atoms with Crippen molar-refractivity contribution in [3.63, 3.8) is 0 Å². The van der Waals surface area contributed by atoms with Crippen molar-refractivity contribution < 1.29 is 4.79 Å². The molecule has 3 aromatic rings. The van der Waals surface area contributed by atoms with Crippen LogP contribution >= 0.6 is 0 Å². The molecule has 0 unspecified atom stereocenters. The first kappa shape index (κ1) is 19.4. The van der Waals surface area contributed by atoms with Crippen LogP contribution < -0.4 is 16.6 Å². The molecule has 4 N–H and O–H groups in total. The van der Waals surface area contributed by atoms with E-state index in [9.17, 15) is 9.59 Å². The molecule has 0 fully saturated rings. The number of hydrogen-bond acceptors (Lipinski definition) is 4. The first-order valence-electron chi connectivity index (χ1n) is 9.26. The molecule has 1 amide bonds. The fraction of sp³-hybridized carbons (Fsp3) is 0.227. The van der Waals surface area contributed by atoms with Gasteiger partial charge in [-0.3, -0.25) is 9.59 Å². The van der Waals surface area contributed by atoms with Crippen molar-refractivity contribution in [2.75, 3.05) is 12.3 Å². The maximum atomic E-state index is 12.6. The molecule has 0 saturated heterocycles. The summed E-state index contributed by atoms with van der Waals surface area (Å²) in [6.07, 6.45) is 0.752. The second kappa shape index (κ2) is 8.99. The Labute approximate surface area is 163 Å². The second-order valence-corrected chi connectivity index (χ2v) is 6.74. The quantitative estimate of drug-likeness (QED) is 0.590. The third kappa shape index (κ3) is 5.07. The highest BCUT2D eigenvalue weighted by Crippen LogP contribution is 2.30. The number of carbonyl (C=O) groups is 1. The van der Waals surface area contributed by atoms with E-state index in [0.717, 1.165) is 16.7 Å². The molecule has 0 aliphatic heterocycles. The van der Waals surface area contributed by atoms with E-state index in [4.69, 9.17) is 5.73 Å². The van der Waals surface area contributed by atoms with E-state index < -0.39 is 0 Å². The van der Waals surface area contributed by atoms with E-state index in [2.05, 4.69) is 34.3 Å². The molecule has 2 aromatic carbocycles. The summed E-state index contributed by atoms with van der Waals surface area (Å²) in [5.41, 5.74) is 8.69. The van der Waals surface area contributed by atoms with Crippen LogP contribution in [0.2, 0.25) is 0 Å². The van der Waals surface area contributed by atoms with Gasteiger partial charge in [-0.2, -0.15) is 0 Å². The number of aromatic amines is 1. The molecule has 28 heavy (non-hydrogen) atoms. The van der Waals surface area contributed by atoms with Crippen molar-refractivity contribution >= 4 is 11.7 Å². The van der Waals surface area contributed by atoms with Crippen molar-refractivity contribution in [1.82, 2.24) is 15.3 Å². The Kier molecular flexibility index (Phi) is 6.22. The van der Waals surface area contributed by atoms with Crippen molar-refractivity contribution in [3.05, 3.63) is 93.5 Å². The number of rotatable bonds is 7. The minimum absolute atomic E-state index is 0.0206. The zero-order chi connectivity index (χ0) is 19.9. The molecular formula is C22H24N4O2. The second-order valence-electron chi connectivity index (χ2n) is 6.74. The van der Waals surface area contributed by atoms with Gasteiger partial charge in [0.2, 0.25) is 5.91 Å². The largest absolute Gasteiger partial charge is 0.383 e. The number of anilines is 1. The van der Waals surface area contributed by atoms with Crippen molar-refractivity contribution in [2.24, 2.45) is 0 Å². The number of nitrogens with two attached hydrogens (primary N) is 1. The Morgan fingerprint density at radius 2 is 1.86 bits per heavy atom. The average Bonchev–Trinajstić information content (AvgIpc) is 2.67. The maximum Gasteiger partial charge on any atom is 0.252 e. The summed E-state index contributed by atoms with van der Waals surface area (Å²) in [4.78, 5) is 30.7. The van der Waals surface area contributed by atoms with Gasteiger partial charge in [0.15, 0.2) is 0 Å². The molecule has 144 valence electrons. The number of benzene rings is 2. The molecule has 1 atom stereocenters. The highest BCUT2D eigenvalue weighted by atomic mass is 16.1. The summed E-state index contributed by atoms with van der Waals surface area (Å²) in [7, 11) is 0. The number of aromatic nitrogens is 2. The van der Waals surface area contributed by atoms with Gasteiger partial charge in [-0.25, -0.2) is 4.98 Å². The average molecular weight is 376 g/mol. The molecule has 0 radical (unpaired) electrons. The van der Waals surface area contributed by atoms with Gasteiger partial charge in [-0.15, -0.1) is 0 Å². The molecule has 3 rings (SSSR count). The van der Waals surface area contributed by atoms with Crippen LogP contribution in [-0.2, 0) is 11.2 Å². The number of carbonyl (C=O) groups excluding carboxylic acids is 1. The smallest absolute Gasteiger partial charge is 0.252 e. The lowest BCUT2D eigenvalue weighted by Gasteiger charge is -2.20. The fourth-order valence-electron chi connectivity index (χ4n) is 3.30. The first-order valence-corrected chi connectivity index (χ1v) is 9.26. The van der Waals surface area contributed by atoms with Crippen LogP contribution in [0.25, 0.3) is 0 Å². The van der Waals surface area contributed by atoms with Crippen LogP contribution in [0.15, 0.2) is 65.5 Å². The molecule has 6 nitrogen and oxygen atoms in total. The van der Waals surface area contributed by atoms with E-state index in [1.807, 2.05) is 42.5 Å². The number of aryl methyl sites for hydroxylation is 1. The Bertz CT molecular complexity index is 999. The molecule has 1 aromatic heterocycles. The number of H-pyrrole nitrogens is 1. The van der Waals surface area contributed by atoms with Crippen molar-refractivity contribution in [1.29, 1.82) is 0 Å². The topological polar surface area (TPSA) is 101 Å². The van der Waals surface area contributed by atoms with Crippen LogP contribution in [0.3, 0.4) is 0 Å². The molecule has 0 saturated carbocycles. The van der Waals surface area contributed by atoms with Gasteiger partial charge >= 0.3 is 0 Å². The number of nitrogens with one attached hydrogen (secondary N) is 2. The molecular weight excluding hydrogens is 352 g/mol. The maximum absolute atomic E-state index is 12.6. The number of nitrogen functional groups attached to an aromatic ring is 1. The molecule has 0 bridgehead atoms. The Hall–Kier alpha value is -3.41. The Morgan fingerprint density at radius 1 is 1.14 bits per heavy atom. The van der Waals surface area contributed by atoms with Crippen LogP contribution in [-0.4, -0.2) is 22.4 Å². The minimum atomic E-state index is -0.294. The normalized spacial score (nSPS) is 11.8. The number of hydrogen-bond donors (Lipinski definition) is 3. The highest BCUT2D eigenvalue weighted by Gasteiger charge is 2.19. The minimum Gasteiger partial charge on any atom is -0.383 e. The third-order valence-corrected chi connectivity index (χ3v) is 4.65. The Morgan fingerprint density at radius 3 is 2.57 bits per heavy atom. The summed E-state index contributed by atoms with van der Waals surface area (Å²) < 4.78 is 0. The zero-order valence-electron chi connectivity index (χ0n) is 15.8. The summed E-state index contributed by atoms with van der Waals surface area (Å²) in [5, 5.41) is 2.92. The van der Waals surface area contributed by atoms with Crippen LogP contribution in [0, 0.1) is 6.92 Å². The van der Waals surface area contributed by atoms with Crippen molar-refractivity contribution in [2.45, 2.75) is 25.7 Å². The number of nitrogens with zero attached hydrogens (tertiary/aromatic N) is 1. The predicted molar refractivity (Wildman–Crippen MR) is 110 cm³/mol. The lowest BCUT2D eigenvalue weighted by molar-refractivity contribution is -0.121. The molecule has 0 spiro atoms. The van der Waals surface area contributed by atoms with Crippen LogP contribution in [0.5, 0.6) is 0 Å². The molecule has 0 aliphatic carbocycles. The van der Waals surface area contributed by atoms with Crippen LogP contribution in [0.4, 0.5) is 5.82 Å². The SMILES string of the molecule is Cc1ccccc1[C@H](CC(=O)NCCc1nc(N)cc(=O)[nH]1)c1ccccc1. The summed E-state index contributed by atoms with van der Waals surface area (Å²) in [6.45, 7) is 2.44. The van der Waals surface area contributed by atoms with E-state index in [1.54, 1.807) is 0 Å². The van der Waals surface area contributed by atoms with Gasteiger partial charge in [-0.05, 0) is 23.6 Å². The highest BCUT2D eigenvalue weighted by molar-refractivity contribution is 5.77. The summed E-state index contributed by atoms with van der Waals surface area (Å²) in [6, 6.07) is 19.4. The monoisotopic (exact) mass is 376 g/mol. The summed E-state index contributed by atoms with van der Waals surface area (Å²) in [5.74, 6) is 0.564. The van der Waals surface area contributed by atoms with E-state index in [0.29, 0.717) is 25.2 Å². The van der Waals surface area contributed by atoms with Gasteiger partial charge < -0.3 is 16.0 Å². The lowest BCUT2D eigenvalue weighted by Crippen LogP contribution is -2.28. The standard InChI is InChI=1S/C22H24N4O2/c1-15-7-5-6-10-17(15)18(16-8-3-2-4-9-16)13-21(27)24-12-11-20-25-19(23)14-22(28)26-20/h2-10,14,18H,11-13H2,1H3,(H,24,27)(H3,23,25,26,28)/t18-/m1/s1. The van der Waals surface area contributed by atoms with Gasteiger partial charge in [0.25, 0.3) is 5.56 Å². The van der Waals surface area contributed by atoms with E-state index >= 15 is 0 Å². The molecule has 1 heterocycles. The Balaban J connectivity index is 1.68. The predicted octanol–water partition coefficient (Wildman–Crippen LogP) is 2.54. The first-order chi connectivity index (χ1) is 13.5.